The molecule has 2 unspecified atom stereocenters. The summed E-state index contributed by atoms with van der Waals surface area (Å²) in [5.74, 6) is 0. The third-order valence-electron chi connectivity index (χ3n) is 3.80. The van der Waals surface area contributed by atoms with Crippen molar-refractivity contribution in [3.63, 3.8) is 0 Å². The van der Waals surface area contributed by atoms with Crippen LogP contribution in [0.1, 0.15) is 34.1 Å². The van der Waals surface area contributed by atoms with Gasteiger partial charge in [0.1, 0.15) is 6.10 Å². The van der Waals surface area contributed by atoms with Gasteiger partial charge in [0.25, 0.3) is 0 Å². The SMILES string of the molecule is CN(C)C(C)(C)CC(C)(C)C(O)COCC(O)CO. The van der Waals surface area contributed by atoms with Gasteiger partial charge in [0.15, 0.2) is 0 Å². The fourth-order valence-corrected chi connectivity index (χ4v) is 1.98. The molecule has 0 aliphatic rings. The predicted molar refractivity (Wildman–Crippen MR) is 76.1 cm³/mol. The van der Waals surface area contributed by atoms with E-state index in [4.69, 9.17) is 14.9 Å². The number of aliphatic hydroxyl groups excluding tert-OH is 3. The Morgan fingerprint density at radius 1 is 1.05 bits per heavy atom. The number of hydrogen-bond donors (Lipinski definition) is 3. The van der Waals surface area contributed by atoms with Crippen molar-refractivity contribution < 1.29 is 20.1 Å². The lowest BCUT2D eigenvalue weighted by Gasteiger charge is -2.41. The molecule has 0 saturated carbocycles. The molecule has 0 spiro atoms. The van der Waals surface area contributed by atoms with Crippen LogP contribution in [0.4, 0.5) is 0 Å². The lowest BCUT2D eigenvalue weighted by molar-refractivity contribution is -0.0685. The van der Waals surface area contributed by atoms with E-state index < -0.39 is 12.2 Å². The fraction of sp³-hybridized carbons (Fsp3) is 1.00. The molecule has 2 atom stereocenters. The molecule has 0 bridgehead atoms. The highest BCUT2D eigenvalue weighted by molar-refractivity contribution is 4.89. The van der Waals surface area contributed by atoms with Crippen molar-refractivity contribution in [1.29, 1.82) is 0 Å². The first-order chi connectivity index (χ1) is 8.53. The summed E-state index contributed by atoms with van der Waals surface area (Å²) in [7, 11) is 4.05. The van der Waals surface area contributed by atoms with Crippen LogP contribution in [0.15, 0.2) is 0 Å². The van der Waals surface area contributed by atoms with Crippen LogP contribution in [0.25, 0.3) is 0 Å². The van der Waals surface area contributed by atoms with Gasteiger partial charge < -0.3 is 25.0 Å². The first kappa shape index (κ1) is 18.8. The summed E-state index contributed by atoms with van der Waals surface area (Å²) >= 11 is 0. The molecule has 116 valence electrons. The number of rotatable bonds is 9. The summed E-state index contributed by atoms with van der Waals surface area (Å²) in [6, 6.07) is 0. The summed E-state index contributed by atoms with van der Waals surface area (Å²) in [5.41, 5.74) is -0.312. The molecule has 0 aliphatic heterocycles. The molecular weight excluding hydrogens is 246 g/mol. The van der Waals surface area contributed by atoms with Crippen LogP contribution in [0.2, 0.25) is 0 Å². The molecule has 0 fully saturated rings. The van der Waals surface area contributed by atoms with E-state index in [-0.39, 0.29) is 30.8 Å². The molecule has 0 saturated heterocycles. The van der Waals surface area contributed by atoms with E-state index >= 15 is 0 Å². The summed E-state index contributed by atoms with van der Waals surface area (Å²) in [4.78, 5) is 2.14. The van der Waals surface area contributed by atoms with Gasteiger partial charge in [-0.3, -0.25) is 0 Å². The van der Waals surface area contributed by atoms with Gasteiger partial charge in [0.05, 0.1) is 25.9 Å². The standard InChI is InChI=1S/C14H31NO4/c1-13(2,10-14(3,4)15(5)6)12(18)9-19-8-11(17)7-16/h11-12,16-18H,7-10H2,1-6H3. The Hall–Kier alpha value is -0.200. The largest absolute Gasteiger partial charge is 0.394 e. The first-order valence-electron chi connectivity index (χ1n) is 6.75. The van der Waals surface area contributed by atoms with Crippen LogP contribution < -0.4 is 0 Å². The van der Waals surface area contributed by atoms with Crippen molar-refractivity contribution in [3.05, 3.63) is 0 Å². The van der Waals surface area contributed by atoms with Gasteiger partial charge in [-0.1, -0.05) is 13.8 Å². The fourth-order valence-electron chi connectivity index (χ4n) is 1.98. The highest BCUT2D eigenvalue weighted by atomic mass is 16.5. The van der Waals surface area contributed by atoms with E-state index in [2.05, 4.69) is 18.7 Å². The maximum atomic E-state index is 10.2. The van der Waals surface area contributed by atoms with Gasteiger partial charge in [0.2, 0.25) is 0 Å². The Balaban J connectivity index is 4.32. The quantitative estimate of drug-likeness (QED) is 0.571. The third kappa shape index (κ3) is 6.68. The molecule has 0 heterocycles. The van der Waals surface area contributed by atoms with Crippen LogP contribution in [0, 0.1) is 5.41 Å². The van der Waals surface area contributed by atoms with Crippen molar-refractivity contribution in [2.24, 2.45) is 5.41 Å². The molecule has 0 aliphatic carbocycles. The number of aliphatic hydroxyl groups is 3. The van der Waals surface area contributed by atoms with Crippen LogP contribution in [0.5, 0.6) is 0 Å². The topological polar surface area (TPSA) is 73.2 Å². The lowest BCUT2D eigenvalue weighted by Crippen LogP contribution is -2.46. The monoisotopic (exact) mass is 277 g/mol. The zero-order chi connectivity index (χ0) is 15.3. The normalized spacial score (nSPS) is 16.7. The highest BCUT2D eigenvalue weighted by Crippen LogP contribution is 2.33. The van der Waals surface area contributed by atoms with E-state index in [1.165, 1.54) is 0 Å². The summed E-state index contributed by atoms with van der Waals surface area (Å²) in [6.45, 7) is 8.17. The maximum absolute atomic E-state index is 10.2. The lowest BCUT2D eigenvalue weighted by atomic mass is 9.75. The third-order valence-corrected chi connectivity index (χ3v) is 3.80. The second kappa shape index (κ2) is 7.55. The Morgan fingerprint density at radius 3 is 2.00 bits per heavy atom. The molecule has 0 amide bonds. The van der Waals surface area contributed by atoms with Gasteiger partial charge in [-0.25, -0.2) is 0 Å². The molecule has 0 radical (unpaired) electrons. The van der Waals surface area contributed by atoms with E-state index in [1.54, 1.807) is 0 Å². The second-order valence-electron chi connectivity index (χ2n) is 6.76. The number of hydrogen-bond acceptors (Lipinski definition) is 5. The molecule has 19 heavy (non-hydrogen) atoms. The molecule has 0 rings (SSSR count). The van der Waals surface area contributed by atoms with Crippen LogP contribution in [-0.4, -0.2) is 71.9 Å². The number of nitrogens with zero attached hydrogens (tertiary/aromatic N) is 1. The van der Waals surface area contributed by atoms with E-state index in [1.807, 2.05) is 27.9 Å². The molecule has 3 N–H and O–H groups in total. The molecule has 0 aromatic heterocycles. The van der Waals surface area contributed by atoms with Gasteiger partial charge >= 0.3 is 0 Å². The summed E-state index contributed by atoms with van der Waals surface area (Å²) in [6.07, 6.45) is -0.675. The van der Waals surface area contributed by atoms with Crippen molar-refractivity contribution in [3.8, 4) is 0 Å². The first-order valence-corrected chi connectivity index (χ1v) is 6.75. The van der Waals surface area contributed by atoms with Crippen molar-refractivity contribution >= 4 is 0 Å². The minimum absolute atomic E-state index is 0.0188. The van der Waals surface area contributed by atoms with Crippen LogP contribution in [0.3, 0.4) is 0 Å². The highest BCUT2D eigenvalue weighted by Gasteiger charge is 2.35. The van der Waals surface area contributed by atoms with Gasteiger partial charge in [-0.15, -0.1) is 0 Å². The average molecular weight is 277 g/mol. The molecule has 0 aromatic carbocycles. The zero-order valence-electron chi connectivity index (χ0n) is 13.2. The van der Waals surface area contributed by atoms with Crippen molar-refractivity contribution in [1.82, 2.24) is 4.90 Å². The Bertz CT molecular complexity index is 254. The van der Waals surface area contributed by atoms with Crippen LogP contribution in [-0.2, 0) is 4.74 Å². The molecular formula is C14H31NO4. The van der Waals surface area contributed by atoms with Gasteiger partial charge in [-0.2, -0.15) is 0 Å². The minimum atomic E-state index is -0.881. The van der Waals surface area contributed by atoms with E-state index in [9.17, 15) is 5.11 Å². The molecule has 5 nitrogen and oxygen atoms in total. The Labute approximate surface area is 117 Å². The van der Waals surface area contributed by atoms with Crippen molar-refractivity contribution in [2.75, 3.05) is 33.9 Å². The predicted octanol–water partition coefficient (Wildman–Crippen LogP) is 0.474. The summed E-state index contributed by atoms with van der Waals surface area (Å²) < 4.78 is 5.24. The van der Waals surface area contributed by atoms with Gasteiger partial charge in [-0.05, 0) is 39.8 Å². The Morgan fingerprint density at radius 2 is 1.58 bits per heavy atom. The smallest absolute Gasteiger partial charge is 0.100 e. The molecule has 0 aromatic rings. The van der Waals surface area contributed by atoms with Crippen LogP contribution >= 0.6 is 0 Å². The number of ether oxygens (including phenoxy) is 1. The zero-order valence-corrected chi connectivity index (χ0v) is 13.2. The average Bonchev–Trinajstić information content (AvgIpc) is 2.26. The maximum Gasteiger partial charge on any atom is 0.100 e. The van der Waals surface area contributed by atoms with E-state index in [0.29, 0.717) is 0 Å². The minimum Gasteiger partial charge on any atom is -0.394 e. The van der Waals surface area contributed by atoms with Crippen molar-refractivity contribution in [2.45, 2.75) is 51.9 Å². The molecule has 5 heteroatoms. The van der Waals surface area contributed by atoms with Gasteiger partial charge in [0, 0.05) is 5.54 Å². The Kier molecular flexibility index (Phi) is 7.47. The van der Waals surface area contributed by atoms with E-state index in [0.717, 1.165) is 6.42 Å². The second-order valence-corrected chi connectivity index (χ2v) is 6.76. The summed E-state index contributed by atoms with van der Waals surface area (Å²) in [5, 5.41) is 28.1.